The van der Waals surface area contributed by atoms with Crippen molar-refractivity contribution in [2.24, 2.45) is 0 Å². The van der Waals surface area contributed by atoms with Gasteiger partial charge in [-0.25, -0.2) is 13.4 Å². The van der Waals surface area contributed by atoms with Crippen LogP contribution in [0.15, 0.2) is 29.2 Å². The van der Waals surface area contributed by atoms with Crippen LogP contribution in [0.25, 0.3) is 0 Å². The van der Waals surface area contributed by atoms with E-state index in [1.54, 1.807) is 18.2 Å². The molecular formula is C19H18N4O3S. The van der Waals surface area contributed by atoms with Crippen molar-refractivity contribution in [3.63, 3.8) is 0 Å². The number of fused-ring (bicyclic) bond motifs is 2. The molecule has 0 atom stereocenters. The van der Waals surface area contributed by atoms with Gasteiger partial charge in [0.05, 0.1) is 10.5 Å². The molecular weight excluding hydrogens is 364 g/mol. The molecule has 7 nitrogen and oxygen atoms in total. The Bertz CT molecular complexity index is 1090. The molecule has 0 radical (unpaired) electrons. The van der Waals surface area contributed by atoms with Gasteiger partial charge in [0, 0.05) is 17.8 Å². The molecule has 138 valence electrons. The van der Waals surface area contributed by atoms with Crippen molar-refractivity contribution in [1.82, 2.24) is 4.98 Å². The molecule has 27 heavy (non-hydrogen) atoms. The highest BCUT2D eigenvalue weighted by molar-refractivity contribution is 7.92. The smallest absolute Gasteiger partial charge is 0.263 e. The Morgan fingerprint density at radius 1 is 1.07 bits per heavy atom. The van der Waals surface area contributed by atoms with Gasteiger partial charge in [0.15, 0.2) is 5.82 Å². The Balaban J connectivity index is 1.68. The normalized spacial score (nSPS) is 15.9. The zero-order valence-electron chi connectivity index (χ0n) is 14.6. The zero-order valence-corrected chi connectivity index (χ0v) is 15.4. The van der Waals surface area contributed by atoms with Gasteiger partial charge in [0.1, 0.15) is 6.07 Å². The highest BCUT2D eigenvalue weighted by Gasteiger charge is 2.23. The number of nitriles is 1. The summed E-state index contributed by atoms with van der Waals surface area (Å²) in [7, 11) is -3.90. The number of rotatable bonds is 3. The number of aromatic nitrogens is 1. The van der Waals surface area contributed by atoms with Gasteiger partial charge in [0.25, 0.3) is 10.0 Å². The molecule has 1 aromatic heterocycles. The summed E-state index contributed by atoms with van der Waals surface area (Å²) in [6, 6.07) is 8.36. The number of carbonyl (C=O) groups is 1. The van der Waals surface area contributed by atoms with Crippen molar-refractivity contribution >= 4 is 27.4 Å². The van der Waals surface area contributed by atoms with Gasteiger partial charge in [-0.3, -0.25) is 9.52 Å². The first kappa shape index (κ1) is 17.5. The molecule has 0 unspecified atom stereocenters. The number of amides is 1. The molecule has 0 saturated heterocycles. The predicted octanol–water partition coefficient (Wildman–Crippen LogP) is 2.52. The van der Waals surface area contributed by atoms with E-state index >= 15 is 0 Å². The fourth-order valence-corrected chi connectivity index (χ4v) is 4.58. The highest BCUT2D eigenvalue weighted by Crippen LogP contribution is 2.28. The summed E-state index contributed by atoms with van der Waals surface area (Å²) >= 11 is 0. The van der Waals surface area contributed by atoms with Crippen molar-refractivity contribution in [2.75, 3.05) is 10.0 Å². The lowest BCUT2D eigenvalue weighted by Gasteiger charge is -2.19. The Labute approximate surface area is 157 Å². The number of pyridine rings is 1. The van der Waals surface area contributed by atoms with E-state index in [0.717, 1.165) is 42.5 Å². The van der Waals surface area contributed by atoms with Gasteiger partial charge in [-0.1, -0.05) is 0 Å². The van der Waals surface area contributed by atoms with Gasteiger partial charge < -0.3 is 5.32 Å². The maximum atomic E-state index is 12.8. The Morgan fingerprint density at radius 2 is 1.89 bits per heavy atom. The van der Waals surface area contributed by atoms with Gasteiger partial charge in [0.2, 0.25) is 5.91 Å². The third kappa shape index (κ3) is 3.38. The number of benzene rings is 1. The maximum absolute atomic E-state index is 12.8. The molecule has 1 aliphatic carbocycles. The van der Waals surface area contributed by atoms with Crippen LogP contribution in [-0.4, -0.2) is 19.3 Å². The quantitative estimate of drug-likeness (QED) is 0.847. The van der Waals surface area contributed by atoms with Crippen molar-refractivity contribution in [3.05, 3.63) is 46.6 Å². The zero-order chi connectivity index (χ0) is 19.0. The molecule has 2 N–H and O–H groups in total. The van der Waals surface area contributed by atoms with Crippen molar-refractivity contribution < 1.29 is 13.2 Å². The molecule has 0 spiro atoms. The fraction of sp³-hybridized carbons (Fsp3) is 0.316. The molecule has 1 aliphatic heterocycles. The summed E-state index contributed by atoms with van der Waals surface area (Å²) in [5.41, 5.74) is 3.51. The Kier molecular flexibility index (Phi) is 4.32. The molecule has 0 fully saturated rings. The molecule has 0 bridgehead atoms. The largest absolute Gasteiger partial charge is 0.326 e. The second-order valence-electron chi connectivity index (χ2n) is 6.78. The highest BCUT2D eigenvalue weighted by atomic mass is 32.2. The van der Waals surface area contributed by atoms with Crippen LogP contribution in [0.2, 0.25) is 0 Å². The first-order valence-corrected chi connectivity index (χ1v) is 10.3. The predicted molar refractivity (Wildman–Crippen MR) is 99.8 cm³/mol. The number of aryl methyl sites for hydroxylation is 3. The van der Waals surface area contributed by atoms with E-state index in [1.165, 1.54) is 6.07 Å². The molecule has 4 rings (SSSR count). The molecule has 2 heterocycles. The second kappa shape index (κ2) is 6.67. The number of hydrogen-bond donors (Lipinski definition) is 2. The Hall–Kier alpha value is -2.92. The molecule has 1 amide bonds. The van der Waals surface area contributed by atoms with Crippen LogP contribution in [0.5, 0.6) is 0 Å². The van der Waals surface area contributed by atoms with Crippen LogP contribution in [0.4, 0.5) is 11.5 Å². The minimum absolute atomic E-state index is 0.0733. The number of carbonyl (C=O) groups excluding carboxylic acids is 1. The topological polar surface area (TPSA) is 112 Å². The van der Waals surface area contributed by atoms with E-state index in [0.29, 0.717) is 18.5 Å². The van der Waals surface area contributed by atoms with E-state index in [1.807, 2.05) is 6.07 Å². The number of hydrogen-bond acceptors (Lipinski definition) is 5. The molecule has 2 aromatic rings. The third-order valence-corrected chi connectivity index (χ3v) is 6.27. The van der Waals surface area contributed by atoms with Gasteiger partial charge in [-0.2, -0.15) is 5.26 Å². The lowest BCUT2D eigenvalue weighted by Crippen LogP contribution is -2.21. The van der Waals surface area contributed by atoms with Crippen molar-refractivity contribution in [3.8, 4) is 6.07 Å². The molecule has 1 aromatic carbocycles. The first-order chi connectivity index (χ1) is 13.0. The lowest BCUT2D eigenvalue weighted by molar-refractivity contribution is -0.116. The van der Waals surface area contributed by atoms with Crippen LogP contribution >= 0.6 is 0 Å². The first-order valence-electron chi connectivity index (χ1n) is 8.85. The van der Waals surface area contributed by atoms with E-state index < -0.39 is 10.0 Å². The van der Waals surface area contributed by atoms with Crippen molar-refractivity contribution in [2.45, 2.75) is 43.4 Å². The summed E-state index contributed by atoms with van der Waals surface area (Å²) in [6.45, 7) is 0. The minimum Gasteiger partial charge on any atom is -0.326 e. The van der Waals surface area contributed by atoms with Crippen LogP contribution in [0.1, 0.15) is 41.6 Å². The van der Waals surface area contributed by atoms with Gasteiger partial charge in [-0.05, 0) is 67.5 Å². The van der Waals surface area contributed by atoms with E-state index in [4.69, 9.17) is 0 Å². The fourth-order valence-electron chi connectivity index (χ4n) is 3.51. The van der Waals surface area contributed by atoms with Gasteiger partial charge >= 0.3 is 0 Å². The molecule has 2 aliphatic rings. The summed E-state index contributed by atoms with van der Waals surface area (Å²) < 4.78 is 28.2. The number of sulfonamides is 1. The molecule has 0 saturated carbocycles. The van der Waals surface area contributed by atoms with Crippen LogP contribution in [0, 0.1) is 11.3 Å². The molecule has 8 heteroatoms. The number of nitrogens with one attached hydrogen (secondary N) is 2. The van der Waals surface area contributed by atoms with Crippen molar-refractivity contribution in [1.29, 1.82) is 5.26 Å². The third-order valence-electron chi connectivity index (χ3n) is 4.93. The van der Waals surface area contributed by atoms with E-state index in [2.05, 4.69) is 15.0 Å². The van der Waals surface area contributed by atoms with Crippen LogP contribution in [-0.2, 0) is 34.1 Å². The summed E-state index contributed by atoms with van der Waals surface area (Å²) in [6.07, 6.45) is 4.53. The van der Waals surface area contributed by atoms with Crippen LogP contribution < -0.4 is 10.0 Å². The summed E-state index contributed by atoms with van der Waals surface area (Å²) in [5, 5.41) is 12.1. The Morgan fingerprint density at radius 3 is 2.70 bits per heavy atom. The maximum Gasteiger partial charge on any atom is 0.263 e. The average molecular weight is 382 g/mol. The summed E-state index contributed by atoms with van der Waals surface area (Å²) in [5.74, 6) is -0.00248. The lowest BCUT2D eigenvalue weighted by atomic mass is 9.95. The van der Waals surface area contributed by atoms with Crippen LogP contribution in [0.3, 0.4) is 0 Å². The number of nitrogens with zero attached hydrogens (tertiary/aromatic N) is 2. The van der Waals surface area contributed by atoms with E-state index in [9.17, 15) is 18.5 Å². The second-order valence-corrected chi connectivity index (χ2v) is 8.46. The average Bonchev–Trinajstić information content (AvgIpc) is 2.66. The SMILES string of the molecule is N#Cc1cc2c(nc1NS(=O)(=O)c1ccc3c(c1)CCC(=O)N3)CCCC2. The minimum atomic E-state index is -3.90. The van der Waals surface area contributed by atoms with E-state index in [-0.39, 0.29) is 22.2 Å². The van der Waals surface area contributed by atoms with Gasteiger partial charge in [-0.15, -0.1) is 0 Å². The number of anilines is 2. The summed E-state index contributed by atoms with van der Waals surface area (Å²) in [4.78, 5) is 16.0. The standard InChI is InChI=1S/C19H18N4O3S/c20-11-14-9-12-3-1-2-4-16(12)22-19(14)23-27(25,26)15-6-7-17-13(10-15)5-8-18(24)21-17/h6-7,9-10H,1-5,8H2,(H,21,24)(H,22,23). The monoisotopic (exact) mass is 382 g/mol.